The zero-order chi connectivity index (χ0) is 17.7. The zero-order valence-corrected chi connectivity index (χ0v) is 14.8. The standard InChI is InChI=1S/C18H31NO4/c1-5-7-10-15(6-2)13-19-17(21)16(20)11-8-9-12-23-18(22)14(3)4/h15H,3,5-13H2,1-2,4H3,(H,19,21). The van der Waals surface area contributed by atoms with Crippen LogP contribution in [0.25, 0.3) is 0 Å². The molecule has 0 aromatic heterocycles. The Kier molecular flexibility index (Phi) is 11.9. The number of hydrogen-bond acceptors (Lipinski definition) is 4. The van der Waals surface area contributed by atoms with Crippen molar-refractivity contribution in [3.8, 4) is 0 Å². The molecule has 0 saturated carbocycles. The minimum Gasteiger partial charge on any atom is -0.462 e. The lowest BCUT2D eigenvalue weighted by atomic mass is 9.99. The second-order valence-corrected chi connectivity index (χ2v) is 5.92. The van der Waals surface area contributed by atoms with E-state index in [9.17, 15) is 14.4 Å². The van der Waals surface area contributed by atoms with Gasteiger partial charge in [-0.15, -0.1) is 0 Å². The number of amides is 1. The Labute approximate surface area is 139 Å². The number of ether oxygens (including phenoxy) is 1. The molecule has 0 spiro atoms. The van der Waals surface area contributed by atoms with Crippen LogP contribution in [0.2, 0.25) is 0 Å². The van der Waals surface area contributed by atoms with Crippen LogP contribution in [0, 0.1) is 5.92 Å². The van der Waals surface area contributed by atoms with Crippen LogP contribution in [0.3, 0.4) is 0 Å². The minimum atomic E-state index is -0.501. The molecule has 1 unspecified atom stereocenters. The van der Waals surface area contributed by atoms with Gasteiger partial charge in [-0.1, -0.05) is 39.7 Å². The van der Waals surface area contributed by atoms with Crippen LogP contribution in [-0.2, 0) is 19.1 Å². The number of carbonyl (C=O) groups is 3. The summed E-state index contributed by atoms with van der Waals surface area (Å²) in [6, 6.07) is 0. The highest BCUT2D eigenvalue weighted by molar-refractivity contribution is 6.36. The molecule has 0 heterocycles. The lowest BCUT2D eigenvalue weighted by Gasteiger charge is -2.14. The Balaban J connectivity index is 3.83. The van der Waals surface area contributed by atoms with Crippen LogP contribution >= 0.6 is 0 Å². The topological polar surface area (TPSA) is 72.5 Å². The van der Waals surface area contributed by atoms with Gasteiger partial charge in [0, 0.05) is 18.5 Å². The fourth-order valence-corrected chi connectivity index (χ4v) is 2.07. The molecule has 5 heteroatoms. The molecule has 132 valence electrons. The summed E-state index contributed by atoms with van der Waals surface area (Å²) < 4.78 is 4.93. The van der Waals surface area contributed by atoms with Gasteiger partial charge in [-0.3, -0.25) is 9.59 Å². The van der Waals surface area contributed by atoms with E-state index in [1.54, 1.807) is 6.92 Å². The molecule has 1 N–H and O–H groups in total. The van der Waals surface area contributed by atoms with Gasteiger partial charge >= 0.3 is 5.97 Å². The molecule has 0 aliphatic heterocycles. The van der Waals surface area contributed by atoms with E-state index in [2.05, 4.69) is 25.7 Å². The summed E-state index contributed by atoms with van der Waals surface area (Å²) in [6.45, 7) is 10.1. The normalized spacial score (nSPS) is 11.6. The summed E-state index contributed by atoms with van der Waals surface area (Å²) in [7, 11) is 0. The number of hydrogen-bond donors (Lipinski definition) is 1. The van der Waals surface area contributed by atoms with Crippen LogP contribution in [-0.4, -0.2) is 30.8 Å². The summed E-state index contributed by atoms with van der Waals surface area (Å²) in [5.41, 5.74) is 0.356. The van der Waals surface area contributed by atoms with Gasteiger partial charge in [-0.25, -0.2) is 4.79 Å². The molecular formula is C18H31NO4. The van der Waals surface area contributed by atoms with Crippen molar-refractivity contribution in [2.75, 3.05) is 13.2 Å². The lowest BCUT2D eigenvalue weighted by molar-refractivity contribution is -0.139. The minimum absolute atomic E-state index is 0.183. The van der Waals surface area contributed by atoms with Crippen molar-refractivity contribution in [2.24, 2.45) is 5.92 Å². The molecule has 0 fully saturated rings. The molecule has 0 aromatic carbocycles. The Morgan fingerprint density at radius 1 is 1.13 bits per heavy atom. The first-order chi connectivity index (χ1) is 10.9. The van der Waals surface area contributed by atoms with Crippen LogP contribution in [0.5, 0.6) is 0 Å². The first-order valence-electron chi connectivity index (χ1n) is 8.55. The van der Waals surface area contributed by atoms with Crippen LogP contribution in [0.1, 0.15) is 65.7 Å². The average molecular weight is 325 g/mol. The zero-order valence-electron chi connectivity index (χ0n) is 14.8. The average Bonchev–Trinajstić information content (AvgIpc) is 2.53. The lowest BCUT2D eigenvalue weighted by Crippen LogP contribution is -2.34. The van der Waals surface area contributed by atoms with Gasteiger partial charge in [-0.2, -0.15) is 0 Å². The number of carbonyl (C=O) groups excluding carboxylic acids is 3. The monoisotopic (exact) mass is 325 g/mol. The largest absolute Gasteiger partial charge is 0.462 e. The van der Waals surface area contributed by atoms with E-state index in [0.717, 1.165) is 25.7 Å². The predicted octanol–water partition coefficient (Wildman–Crippen LogP) is 3.18. The number of esters is 1. The van der Waals surface area contributed by atoms with Crippen LogP contribution in [0.15, 0.2) is 12.2 Å². The first kappa shape index (κ1) is 21.4. The van der Waals surface area contributed by atoms with Gasteiger partial charge in [0.05, 0.1) is 6.61 Å². The van der Waals surface area contributed by atoms with Crippen molar-refractivity contribution < 1.29 is 19.1 Å². The number of ketones is 1. The van der Waals surface area contributed by atoms with E-state index in [0.29, 0.717) is 30.9 Å². The van der Waals surface area contributed by atoms with Crippen molar-refractivity contribution in [1.82, 2.24) is 5.32 Å². The summed E-state index contributed by atoms with van der Waals surface area (Å²) >= 11 is 0. The van der Waals surface area contributed by atoms with E-state index < -0.39 is 17.7 Å². The highest BCUT2D eigenvalue weighted by Gasteiger charge is 2.15. The highest BCUT2D eigenvalue weighted by Crippen LogP contribution is 2.11. The fraction of sp³-hybridized carbons (Fsp3) is 0.722. The maximum Gasteiger partial charge on any atom is 0.333 e. The maximum atomic E-state index is 11.7. The molecule has 0 radical (unpaired) electrons. The molecule has 1 atom stereocenters. The Morgan fingerprint density at radius 3 is 2.39 bits per heavy atom. The molecule has 0 bridgehead atoms. The van der Waals surface area contributed by atoms with Crippen molar-refractivity contribution in [3.05, 3.63) is 12.2 Å². The van der Waals surface area contributed by atoms with Crippen molar-refractivity contribution in [3.63, 3.8) is 0 Å². The molecule has 0 rings (SSSR count). The van der Waals surface area contributed by atoms with Gasteiger partial charge in [0.25, 0.3) is 5.91 Å². The van der Waals surface area contributed by atoms with Crippen molar-refractivity contribution in [1.29, 1.82) is 0 Å². The van der Waals surface area contributed by atoms with E-state index in [1.807, 2.05) is 0 Å². The maximum absolute atomic E-state index is 11.7. The summed E-state index contributed by atoms with van der Waals surface area (Å²) in [5, 5.41) is 2.73. The Hall–Kier alpha value is -1.65. The second kappa shape index (κ2) is 12.9. The van der Waals surface area contributed by atoms with Gasteiger partial charge in [-0.05, 0) is 32.1 Å². The molecular weight excluding hydrogens is 294 g/mol. The molecule has 1 amide bonds. The smallest absolute Gasteiger partial charge is 0.333 e. The van der Waals surface area contributed by atoms with Gasteiger partial charge in [0.2, 0.25) is 5.78 Å². The van der Waals surface area contributed by atoms with Crippen LogP contribution in [0.4, 0.5) is 0 Å². The third-order valence-electron chi connectivity index (χ3n) is 3.73. The summed E-state index contributed by atoms with van der Waals surface area (Å²) in [6.07, 6.45) is 5.64. The quantitative estimate of drug-likeness (QED) is 0.244. The predicted molar refractivity (Wildman–Crippen MR) is 90.9 cm³/mol. The molecule has 0 aliphatic rings. The van der Waals surface area contributed by atoms with Crippen molar-refractivity contribution >= 4 is 17.7 Å². The Bertz CT molecular complexity index is 404. The molecule has 0 aliphatic carbocycles. The van der Waals surface area contributed by atoms with Crippen molar-refractivity contribution in [2.45, 2.75) is 65.7 Å². The van der Waals surface area contributed by atoms with Crippen LogP contribution < -0.4 is 5.32 Å². The second-order valence-electron chi connectivity index (χ2n) is 5.92. The van der Waals surface area contributed by atoms with E-state index >= 15 is 0 Å². The van der Waals surface area contributed by atoms with Gasteiger partial charge in [0.15, 0.2) is 0 Å². The first-order valence-corrected chi connectivity index (χ1v) is 8.55. The molecule has 0 saturated heterocycles. The Morgan fingerprint density at radius 2 is 1.83 bits per heavy atom. The van der Waals surface area contributed by atoms with E-state index in [-0.39, 0.29) is 13.0 Å². The molecule has 23 heavy (non-hydrogen) atoms. The van der Waals surface area contributed by atoms with E-state index in [4.69, 9.17) is 4.74 Å². The summed E-state index contributed by atoms with van der Waals surface area (Å²) in [5.74, 6) is -0.888. The fourth-order valence-electron chi connectivity index (χ4n) is 2.07. The number of unbranched alkanes of at least 4 members (excludes halogenated alkanes) is 2. The van der Waals surface area contributed by atoms with E-state index in [1.165, 1.54) is 0 Å². The molecule has 0 aromatic rings. The van der Waals surface area contributed by atoms with Gasteiger partial charge in [0.1, 0.15) is 0 Å². The number of nitrogens with one attached hydrogen (secondary N) is 1. The third-order valence-corrected chi connectivity index (χ3v) is 3.73. The number of Topliss-reactive ketones (excluding diaryl/α,β-unsaturated/α-hetero) is 1. The van der Waals surface area contributed by atoms with Gasteiger partial charge < -0.3 is 10.1 Å². The summed E-state index contributed by atoms with van der Waals surface area (Å²) in [4.78, 5) is 34.6. The highest BCUT2D eigenvalue weighted by atomic mass is 16.5. The SMILES string of the molecule is C=C(C)C(=O)OCCCCC(=O)C(=O)NCC(CC)CCCC. The number of rotatable bonds is 13. The third kappa shape index (κ3) is 10.7. The molecule has 5 nitrogen and oxygen atoms in total.